The molecule has 0 unspecified atom stereocenters. The van der Waals surface area contributed by atoms with Crippen molar-refractivity contribution in [1.29, 1.82) is 0 Å². The van der Waals surface area contributed by atoms with Crippen LogP contribution >= 0.6 is 0 Å². The molecule has 0 spiro atoms. The maximum Gasteiger partial charge on any atom is 0.269 e. The van der Waals surface area contributed by atoms with Gasteiger partial charge in [-0.15, -0.1) is 0 Å². The molecule has 1 N–H and O–H groups in total. The number of nitrogens with zero attached hydrogens (tertiary/aromatic N) is 2. The first-order valence-corrected chi connectivity index (χ1v) is 5.11. The van der Waals surface area contributed by atoms with E-state index in [9.17, 15) is 10.1 Å². The van der Waals surface area contributed by atoms with Gasteiger partial charge in [0, 0.05) is 30.9 Å². The van der Waals surface area contributed by atoms with Gasteiger partial charge in [-0.2, -0.15) is 0 Å². The number of aromatic amines is 1. The summed E-state index contributed by atoms with van der Waals surface area (Å²) in [5.41, 5.74) is 0.0587. The van der Waals surface area contributed by atoms with Crippen molar-refractivity contribution < 1.29 is 9.66 Å². The standard InChI is InChI=1S/C11H11N3O3/c15-14(16)9-1-3-10(4-2-9)17-8-5-11-12-6-7-13-11/h1-4,6-7H,5,8H2,(H,12,13). The van der Waals surface area contributed by atoms with Crippen molar-refractivity contribution in [2.75, 3.05) is 6.61 Å². The number of nitro benzene ring substituents is 1. The number of nitrogens with one attached hydrogen (secondary N) is 1. The zero-order chi connectivity index (χ0) is 12.1. The van der Waals surface area contributed by atoms with E-state index in [0.29, 0.717) is 18.8 Å². The van der Waals surface area contributed by atoms with Crippen molar-refractivity contribution in [2.45, 2.75) is 6.42 Å². The van der Waals surface area contributed by atoms with Crippen LogP contribution in [-0.4, -0.2) is 21.5 Å². The Labute approximate surface area is 97.4 Å². The third-order valence-electron chi connectivity index (χ3n) is 2.21. The lowest BCUT2D eigenvalue weighted by molar-refractivity contribution is -0.384. The number of non-ortho nitro benzene ring substituents is 1. The number of nitro groups is 1. The van der Waals surface area contributed by atoms with E-state index >= 15 is 0 Å². The summed E-state index contributed by atoms with van der Waals surface area (Å²) < 4.78 is 5.43. The highest BCUT2D eigenvalue weighted by Crippen LogP contribution is 2.17. The van der Waals surface area contributed by atoms with Gasteiger partial charge in [0.1, 0.15) is 11.6 Å². The summed E-state index contributed by atoms with van der Waals surface area (Å²) in [6.07, 6.45) is 4.10. The first-order valence-electron chi connectivity index (χ1n) is 5.11. The molecule has 2 aromatic rings. The Morgan fingerprint density at radius 3 is 2.71 bits per heavy atom. The Hall–Kier alpha value is -2.37. The summed E-state index contributed by atoms with van der Waals surface area (Å²) in [7, 11) is 0. The molecule has 1 aromatic carbocycles. The second kappa shape index (κ2) is 5.11. The first kappa shape index (κ1) is 11.1. The van der Waals surface area contributed by atoms with Crippen molar-refractivity contribution >= 4 is 5.69 Å². The normalized spacial score (nSPS) is 10.1. The van der Waals surface area contributed by atoms with Crippen LogP contribution in [-0.2, 0) is 6.42 Å². The SMILES string of the molecule is O=[N+]([O-])c1ccc(OCCc2ncc[nH]2)cc1. The summed E-state index contributed by atoms with van der Waals surface area (Å²) in [5.74, 6) is 1.47. The molecule has 0 saturated carbocycles. The number of hydrogen-bond donors (Lipinski definition) is 1. The molecule has 2 rings (SSSR count). The van der Waals surface area contributed by atoms with Crippen molar-refractivity contribution in [3.05, 3.63) is 52.6 Å². The molecule has 6 nitrogen and oxygen atoms in total. The average Bonchev–Trinajstić information content (AvgIpc) is 2.83. The zero-order valence-electron chi connectivity index (χ0n) is 9.00. The zero-order valence-corrected chi connectivity index (χ0v) is 9.00. The maximum absolute atomic E-state index is 10.4. The summed E-state index contributed by atoms with van der Waals surface area (Å²) >= 11 is 0. The number of benzene rings is 1. The number of H-pyrrole nitrogens is 1. The molecular weight excluding hydrogens is 222 g/mol. The molecule has 0 bridgehead atoms. The van der Waals surface area contributed by atoms with Gasteiger partial charge >= 0.3 is 0 Å². The van der Waals surface area contributed by atoms with E-state index < -0.39 is 4.92 Å². The predicted molar refractivity (Wildman–Crippen MR) is 60.9 cm³/mol. The van der Waals surface area contributed by atoms with Gasteiger partial charge in [-0.3, -0.25) is 10.1 Å². The molecule has 88 valence electrons. The van der Waals surface area contributed by atoms with Gasteiger partial charge in [0.2, 0.25) is 0 Å². The van der Waals surface area contributed by atoms with E-state index in [4.69, 9.17) is 4.74 Å². The molecule has 0 fully saturated rings. The lowest BCUT2D eigenvalue weighted by atomic mass is 10.3. The van der Waals surface area contributed by atoms with Crippen molar-refractivity contribution in [1.82, 2.24) is 9.97 Å². The van der Waals surface area contributed by atoms with Crippen LogP contribution in [0.1, 0.15) is 5.82 Å². The van der Waals surface area contributed by atoms with Gasteiger partial charge in [0.25, 0.3) is 5.69 Å². The Kier molecular flexibility index (Phi) is 3.34. The van der Waals surface area contributed by atoms with Gasteiger partial charge in [0.05, 0.1) is 11.5 Å². The molecule has 0 aliphatic heterocycles. The topological polar surface area (TPSA) is 81.1 Å². The molecule has 0 amide bonds. The molecule has 0 radical (unpaired) electrons. The molecule has 6 heteroatoms. The fourth-order valence-electron chi connectivity index (χ4n) is 1.36. The van der Waals surface area contributed by atoms with Crippen LogP contribution in [0.4, 0.5) is 5.69 Å². The van der Waals surface area contributed by atoms with Crippen LogP contribution in [0.15, 0.2) is 36.7 Å². The van der Waals surface area contributed by atoms with Gasteiger partial charge in [0.15, 0.2) is 0 Å². The Morgan fingerprint density at radius 2 is 2.12 bits per heavy atom. The van der Waals surface area contributed by atoms with Crippen LogP contribution in [0.3, 0.4) is 0 Å². The van der Waals surface area contributed by atoms with Gasteiger partial charge in [-0.1, -0.05) is 0 Å². The summed E-state index contributed by atoms with van der Waals surface area (Å²) in [5, 5.41) is 10.4. The third-order valence-corrected chi connectivity index (χ3v) is 2.21. The summed E-state index contributed by atoms with van der Waals surface area (Å²) in [6, 6.07) is 6.00. The number of hydrogen-bond acceptors (Lipinski definition) is 4. The maximum atomic E-state index is 10.4. The monoisotopic (exact) mass is 233 g/mol. The molecular formula is C11H11N3O3. The van der Waals surface area contributed by atoms with Crippen LogP contribution in [0.25, 0.3) is 0 Å². The van der Waals surface area contributed by atoms with E-state index in [1.54, 1.807) is 24.5 Å². The highest BCUT2D eigenvalue weighted by molar-refractivity contribution is 5.35. The predicted octanol–water partition coefficient (Wildman–Crippen LogP) is 1.94. The number of ether oxygens (including phenoxy) is 1. The summed E-state index contributed by atoms with van der Waals surface area (Å²) in [6.45, 7) is 0.478. The minimum Gasteiger partial charge on any atom is -0.493 e. The van der Waals surface area contributed by atoms with Crippen LogP contribution in [0.5, 0.6) is 5.75 Å². The lowest BCUT2D eigenvalue weighted by Gasteiger charge is -2.04. The van der Waals surface area contributed by atoms with E-state index in [0.717, 1.165) is 5.82 Å². The van der Waals surface area contributed by atoms with Gasteiger partial charge in [-0.25, -0.2) is 4.98 Å². The first-order chi connectivity index (χ1) is 8.25. The van der Waals surface area contributed by atoms with Crippen molar-refractivity contribution in [3.63, 3.8) is 0 Å². The van der Waals surface area contributed by atoms with E-state index in [2.05, 4.69) is 9.97 Å². The van der Waals surface area contributed by atoms with Crippen molar-refractivity contribution in [2.24, 2.45) is 0 Å². The molecule has 0 saturated heterocycles. The van der Waals surface area contributed by atoms with Crippen LogP contribution in [0.2, 0.25) is 0 Å². The van der Waals surface area contributed by atoms with Gasteiger partial charge in [-0.05, 0) is 12.1 Å². The average molecular weight is 233 g/mol. The molecule has 1 aromatic heterocycles. The smallest absolute Gasteiger partial charge is 0.269 e. The summed E-state index contributed by atoms with van der Waals surface area (Å²) in [4.78, 5) is 17.0. The number of imidazole rings is 1. The Bertz CT molecular complexity index is 479. The fourth-order valence-corrected chi connectivity index (χ4v) is 1.36. The number of rotatable bonds is 5. The molecule has 0 atom stereocenters. The quantitative estimate of drug-likeness (QED) is 0.632. The third kappa shape index (κ3) is 3.04. The van der Waals surface area contributed by atoms with Crippen LogP contribution < -0.4 is 4.74 Å². The highest BCUT2D eigenvalue weighted by Gasteiger charge is 2.04. The van der Waals surface area contributed by atoms with E-state index in [-0.39, 0.29) is 5.69 Å². The molecule has 0 aliphatic carbocycles. The van der Waals surface area contributed by atoms with E-state index in [1.807, 2.05) is 0 Å². The van der Waals surface area contributed by atoms with E-state index in [1.165, 1.54) is 12.1 Å². The Morgan fingerprint density at radius 1 is 1.35 bits per heavy atom. The van der Waals surface area contributed by atoms with Gasteiger partial charge < -0.3 is 9.72 Å². The molecule has 17 heavy (non-hydrogen) atoms. The second-order valence-electron chi connectivity index (χ2n) is 3.39. The minimum absolute atomic E-state index is 0.0587. The molecule has 1 heterocycles. The largest absolute Gasteiger partial charge is 0.493 e. The Balaban J connectivity index is 1.85. The lowest BCUT2D eigenvalue weighted by Crippen LogP contribution is -2.02. The minimum atomic E-state index is -0.438. The number of aromatic nitrogens is 2. The van der Waals surface area contributed by atoms with Crippen molar-refractivity contribution in [3.8, 4) is 5.75 Å². The molecule has 0 aliphatic rings. The van der Waals surface area contributed by atoms with Crippen LogP contribution in [0, 0.1) is 10.1 Å². The highest BCUT2D eigenvalue weighted by atomic mass is 16.6. The fraction of sp³-hybridized carbons (Fsp3) is 0.182. The second-order valence-corrected chi connectivity index (χ2v) is 3.39.